The lowest BCUT2D eigenvalue weighted by atomic mass is 9.76. The molecular formula is C13H15F2N3O. The van der Waals surface area contributed by atoms with Crippen molar-refractivity contribution in [2.45, 2.75) is 43.5 Å². The maximum Gasteiger partial charge on any atom is 0.123 e. The van der Waals surface area contributed by atoms with Crippen LogP contribution in [0.15, 0.2) is 29.4 Å². The third-order valence-electron chi connectivity index (χ3n) is 3.62. The van der Waals surface area contributed by atoms with E-state index in [0.717, 1.165) is 0 Å². The summed E-state index contributed by atoms with van der Waals surface area (Å²) >= 11 is 0. The van der Waals surface area contributed by atoms with E-state index in [9.17, 15) is 13.9 Å². The molecule has 4 nitrogen and oxygen atoms in total. The second kappa shape index (κ2) is 5.55. The van der Waals surface area contributed by atoms with Crippen molar-refractivity contribution < 1.29 is 13.9 Å². The summed E-state index contributed by atoms with van der Waals surface area (Å²) in [7, 11) is 0. The number of aliphatic hydroxyl groups is 1. The molecule has 19 heavy (non-hydrogen) atoms. The lowest BCUT2D eigenvalue weighted by molar-refractivity contribution is -0.0362. The van der Waals surface area contributed by atoms with Crippen LogP contribution in [0.4, 0.5) is 8.78 Å². The van der Waals surface area contributed by atoms with E-state index >= 15 is 0 Å². The summed E-state index contributed by atoms with van der Waals surface area (Å²) in [6.45, 7) is 0. The number of benzene rings is 1. The normalized spacial score (nSPS) is 28.5. The van der Waals surface area contributed by atoms with Gasteiger partial charge in [0.25, 0.3) is 0 Å². The predicted molar refractivity (Wildman–Crippen MR) is 66.6 cm³/mol. The SMILES string of the molecule is [N-]=[N+]=NC(c1cccc(F)c1)C1(O)CCC(F)CC1. The fourth-order valence-electron chi connectivity index (χ4n) is 2.57. The predicted octanol–water partition coefficient (Wildman–Crippen LogP) is 3.82. The number of halogens is 2. The highest BCUT2D eigenvalue weighted by Gasteiger charge is 2.40. The topological polar surface area (TPSA) is 69.0 Å². The van der Waals surface area contributed by atoms with Crippen LogP contribution in [-0.4, -0.2) is 16.9 Å². The van der Waals surface area contributed by atoms with E-state index in [-0.39, 0.29) is 25.7 Å². The van der Waals surface area contributed by atoms with E-state index < -0.39 is 23.6 Å². The summed E-state index contributed by atoms with van der Waals surface area (Å²) in [5, 5.41) is 14.2. The van der Waals surface area contributed by atoms with Crippen molar-refractivity contribution >= 4 is 0 Å². The molecule has 1 aliphatic rings. The summed E-state index contributed by atoms with van der Waals surface area (Å²) in [5.74, 6) is -0.460. The minimum absolute atomic E-state index is 0.203. The maximum absolute atomic E-state index is 13.2. The molecule has 1 aromatic rings. The number of hydrogen-bond donors (Lipinski definition) is 1. The number of hydrogen-bond acceptors (Lipinski definition) is 2. The van der Waals surface area contributed by atoms with Crippen LogP contribution in [-0.2, 0) is 0 Å². The lowest BCUT2D eigenvalue weighted by Gasteiger charge is -2.38. The second-order valence-corrected chi connectivity index (χ2v) is 4.94. The third kappa shape index (κ3) is 3.03. The number of azide groups is 1. The molecule has 1 N–H and O–H groups in total. The van der Waals surface area contributed by atoms with Gasteiger partial charge in [0.2, 0.25) is 0 Å². The molecule has 0 radical (unpaired) electrons. The van der Waals surface area contributed by atoms with Crippen LogP contribution in [0.2, 0.25) is 0 Å². The Morgan fingerprint density at radius 1 is 1.42 bits per heavy atom. The van der Waals surface area contributed by atoms with Crippen molar-refractivity contribution in [3.8, 4) is 0 Å². The summed E-state index contributed by atoms with van der Waals surface area (Å²) in [6, 6.07) is 4.72. The largest absolute Gasteiger partial charge is 0.389 e. The highest BCUT2D eigenvalue weighted by atomic mass is 19.1. The molecule has 0 heterocycles. The Kier molecular flexibility index (Phi) is 4.02. The Morgan fingerprint density at radius 2 is 2.11 bits per heavy atom. The molecule has 1 atom stereocenters. The van der Waals surface area contributed by atoms with Gasteiger partial charge in [-0.25, -0.2) is 8.78 Å². The summed E-state index contributed by atoms with van der Waals surface area (Å²) in [6.07, 6.45) is -0.0746. The van der Waals surface area contributed by atoms with Crippen LogP contribution in [0.5, 0.6) is 0 Å². The van der Waals surface area contributed by atoms with Gasteiger partial charge in [-0.05, 0) is 48.9 Å². The Balaban J connectivity index is 2.32. The maximum atomic E-state index is 13.2. The molecular weight excluding hydrogens is 252 g/mol. The molecule has 0 saturated heterocycles. The average molecular weight is 267 g/mol. The van der Waals surface area contributed by atoms with Gasteiger partial charge in [-0.2, -0.15) is 0 Å². The van der Waals surface area contributed by atoms with Gasteiger partial charge in [-0.15, -0.1) is 0 Å². The van der Waals surface area contributed by atoms with Crippen molar-refractivity contribution in [3.05, 3.63) is 46.1 Å². The zero-order chi connectivity index (χ0) is 13.9. The third-order valence-corrected chi connectivity index (χ3v) is 3.62. The summed E-state index contributed by atoms with van der Waals surface area (Å²) in [5.41, 5.74) is 7.76. The standard InChI is InChI=1S/C13H15F2N3O/c14-10-4-6-13(19,7-5-10)12(17-18-16)9-2-1-3-11(15)8-9/h1-3,8,10,12,19H,4-7H2. The molecule has 0 amide bonds. The quantitative estimate of drug-likeness (QED) is 0.505. The Bertz CT molecular complexity index is 494. The van der Waals surface area contributed by atoms with Gasteiger partial charge in [0, 0.05) is 4.91 Å². The molecule has 1 fully saturated rings. The van der Waals surface area contributed by atoms with Crippen molar-refractivity contribution in [1.29, 1.82) is 0 Å². The van der Waals surface area contributed by atoms with Gasteiger partial charge in [-0.1, -0.05) is 17.2 Å². The smallest absolute Gasteiger partial charge is 0.123 e. The highest BCUT2D eigenvalue weighted by Crippen LogP contribution is 2.41. The van der Waals surface area contributed by atoms with E-state index in [1.165, 1.54) is 18.2 Å². The molecule has 1 saturated carbocycles. The second-order valence-electron chi connectivity index (χ2n) is 4.94. The lowest BCUT2D eigenvalue weighted by Crippen LogP contribution is -2.39. The molecule has 0 aromatic heterocycles. The molecule has 6 heteroatoms. The number of alkyl halides is 1. The van der Waals surface area contributed by atoms with Crippen molar-refractivity contribution in [1.82, 2.24) is 0 Å². The van der Waals surface area contributed by atoms with E-state index in [2.05, 4.69) is 10.0 Å². The van der Waals surface area contributed by atoms with Gasteiger partial charge < -0.3 is 5.11 Å². The highest BCUT2D eigenvalue weighted by molar-refractivity contribution is 5.24. The fourth-order valence-corrected chi connectivity index (χ4v) is 2.57. The molecule has 0 spiro atoms. The number of nitrogens with zero attached hydrogens (tertiary/aromatic N) is 3. The van der Waals surface area contributed by atoms with Gasteiger partial charge in [-0.3, -0.25) is 0 Å². The van der Waals surface area contributed by atoms with Gasteiger partial charge in [0.05, 0.1) is 11.6 Å². The van der Waals surface area contributed by atoms with Gasteiger partial charge in [0.15, 0.2) is 0 Å². The monoisotopic (exact) mass is 267 g/mol. The zero-order valence-electron chi connectivity index (χ0n) is 10.3. The molecule has 1 aromatic carbocycles. The average Bonchev–Trinajstić information content (AvgIpc) is 2.39. The van der Waals surface area contributed by atoms with E-state index in [4.69, 9.17) is 5.53 Å². The van der Waals surface area contributed by atoms with Crippen LogP contribution in [0.25, 0.3) is 10.4 Å². The molecule has 1 aliphatic carbocycles. The van der Waals surface area contributed by atoms with Gasteiger partial charge >= 0.3 is 0 Å². The van der Waals surface area contributed by atoms with E-state index in [1.807, 2.05) is 0 Å². The first-order valence-electron chi connectivity index (χ1n) is 6.21. The van der Waals surface area contributed by atoms with Gasteiger partial charge in [0.1, 0.15) is 12.0 Å². The fraction of sp³-hybridized carbons (Fsp3) is 0.538. The van der Waals surface area contributed by atoms with Crippen LogP contribution in [0.1, 0.15) is 37.3 Å². The first-order chi connectivity index (χ1) is 9.05. The zero-order valence-corrected chi connectivity index (χ0v) is 10.3. The Hall–Kier alpha value is -1.65. The summed E-state index contributed by atoms with van der Waals surface area (Å²) in [4.78, 5) is 2.73. The van der Waals surface area contributed by atoms with Crippen molar-refractivity contribution in [2.24, 2.45) is 5.11 Å². The first kappa shape index (κ1) is 13.8. The molecule has 0 bridgehead atoms. The van der Waals surface area contributed by atoms with Crippen LogP contribution in [0, 0.1) is 5.82 Å². The van der Waals surface area contributed by atoms with Crippen molar-refractivity contribution in [3.63, 3.8) is 0 Å². The van der Waals surface area contributed by atoms with E-state index in [1.54, 1.807) is 6.07 Å². The first-order valence-corrected chi connectivity index (χ1v) is 6.21. The van der Waals surface area contributed by atoms with Crippen LogP contribution < -0.4 is 0 Å². The minimum atomic E-state index is -1.30. The molecule has 2 rings (SSSR count). The molecule has 1 unspecified atom stereocenters. The van der Waals surface area contributed by atoms with E-state index in [0.29, 0.717) is 5.56 Å². The van der Waals surface area contributed by atoms with Crippen molar-refractivity contribution in [2.75, 3.05) is 0 Å². The van der Waals surface area contributed by atoms with Crippen LogP contribution in [0.3, 0.4) is 0 Å². The Morgan fingerprint density at radius 3 is 2.68 bits per heavy atom. The molecule has 0 aliphatic heterocycles. The molecule has 102 valence electrons. The number of rotatable bonds is 3. The summed E-state index contributed by atoms with van der Waals surface area (Å²) < 4.78 is 26.4. The minimum Gasteiger partial charge on any atom is -0.389 e. The Labute approximate surface area is 109 Å². The van der Waals surface area contributed by atoms with Crippen LogP contribution >= 0.6 is 0 Å².